The number of nitriles is 1. The van der Waals surface area contributed by atoms with Gasteiger partial charge in [-0.3, -0.25) is 0 Å². The number of carbonyl (C=O) groups is 2. The second-order valence-electron chi connectivity index (χ2n) is 3.48. The summed E-state index contributed by atoms with van der Waals surface area (Å²) >= 11 is 0. The number of carbonyl (C=O) groups excluding carboxylic acids is 2. The molecule has 80 valence electrons. The third kappa shape index (κ3) is 1.84. The van der Waals surface area contributed by atoms with Crippen LogP contribution in [0.3, 0.4) is 0 Å². The van der Waals surface area contributed by atoms with Gasteiger partial charge in [-0.1, -0.05) is 0 Å². The molecule has 1 aliphatic rings. The van der Waals surface area contributed by atoms with Crippen molar-refractivity contribution < 1.29 is 19.1 Å². The Kier molecular flexibility index (Phi) is 2.80. The molecule has 0 aromatic carbocycles. The van der Waals surface area contributed by atoms with Gasteiger partial charge in [0.1, 0.15) is 11.7 Å². The summed E-state index contributed by atoms with van der Waals surface area (Å²) in [6.45, 7) is 4.87. The van der Waals surface area contributed by atoms with Crippen LogP contribution in [0, 0.1) is 11.3 Å². The van der Waals surface area contributed by atoms with Gasteiger partial charge < -0.3 is 9.47 Å². The van der Waals surface area contributed by atoms with Crippen LogP contribution in [0.2, 0.25) is 0 Å². The van der Waals surface area contributed by atoms with Gasteiger partial charge >= 0.3 is 11.9 Å². The van der Waals surface area contributed by atoms with E-state index in [0.29, 0.717) is 0 Å². The Bertz CT molecular complexity index is 387. The van der Waals surface area contributed by atoms with E-state index < -0.39 is 17.5 Å². The SMILES string of the molecule is CCOC(=O)C1=C(C#N)C(C)(C)OC1=O. The number of cyclic esters (lactones) is 1. The molecule has 1 heterocycles. The highest BCUT2D eigenvalue weighted by atomic mass is 16.6. The zero-order valence-corrected chi connectivity index (χ0v) is 8.79. The van der Waals surface area contributed by atoms with Crippen LogP contribution in [0.4, 0.5) is 0 Å². The molecule has 1 aliphatic heterocycles. The van der Waals surface area contributed by atoms with Crippen molar-refractivity contribution >= 4 is 11.9 Å². The van der Waals surface area contributed by atoms with Gasteiger partial charge in [0.15, 0.2) is 5.57 Å². The van der Waals surface area contributed by atoms with E-state index in [1.54, 1.807) is 26.8 Å². The van der Waals surface area contributed by atoms with E-state index in [1.807, 2.05) is 0 Å². The molecule has 0 saturated carbocycles. The van der Waals surface area contributed by atoms with Gasteiger partial charge in [0.25, 0.3) is 0 Å². The molecule has 0 unspecified atom stereocenters. The van der Waals surface area contributed by atoms with Crippen molar-refractivity contribution in [3.05, 3.63) is 11.1 Å². The number of esters is 2. The Hall–Kier alpha value is -1.83. The first-order valence-corrected chi connectivity index (χ1v) is 4.49. The van der Waals surface area contributed by atoms with E-state index in [-0.39, 0.29) is 17.8 Å². The molecule has 0 saturated heterocycles. The van der Waals surface area contributed by atoms with E-state index in [4.69, 9.17) is 10.00 Å². The Labute approximate surface area is 87.3 Å². The smallest absolute Gasteiger partial charge is 0.347 e. The molecule has 15 heavy (non-hydrogen) atoms. The Balaban J connectivity index is 3.18. The second kappa shape index (κ2) is 3.73. The highest BCUT2D eigenvalue weighted by Gasteiger charge is 2.44. The summed E-state index contributed by atoms with van der Waals surface area (Å²) in [5.41, 5.74) is -1.32. The van der Waals surface area contributed by atoms with Gasteiger partial charge in [-0.2, -0.15) is 5.26 Å². The highest BCUT2D eigenvalue weighted by Crippen LogP contribution is 2.32. The molecular formula is C10H11NO4. The minimum atomic E-state index is -1.05. The zero-order valence-electron chi connectivity index (χ0n) is 8.79. The van der Waals surface area contributed by atoms with Crippen molar-refractivity contribution in [2.45, 2.75) is 26.4 Å². The van der Waals surface area contributed by atoms with Crippen molar-refractivity contribution in [2.24, 2.45) is 0 Å². The zero-order chi connectivity index (χ0) is 11.6. The van der Waals surface area contributed by atoms with Crippen molar-refractivity contribution in [2.75, 3.05) is 6.61 Å². The maximum absolute atomic E-state index is 11.4. The van der Waals surface area contributed by atoms with E-state index in [2.05, 4.69) is 4.74 Å². The maximum atomic E-state index is 11.4. The molecule has 0 aromatic rings. The molecule has 5 heteroatoms. The van der Waals surface area contributed by atoms with Crippen molar-refractivity contribution in [3.63, 3.8) is 0 Å². The van der Waals surface area contributed by atoms with Crippen LogP contribution < -0.4 is 0 Å². The Morgan fingerprint density at radius 3 is 2.67 bits per heavy atom. The fourth-order valence-electron chi connectivity index (χ4n) is 1.32. The average molecular weight is 209 g/mol. The van der Waals surface area contributed by atoms with Crippen LogP contribution in [-0.2, 0) is 19.1 Å². The third-order valence-corrected chi connectivity index (χ3v) is 2.00. The topological polar surface area (TPSA) is 76.4 Å². The van der Waals surface area contributed by atoms with Gasteiger partial charge in [0, 0.05) is 0 Å². The summed E-state index contributed by atoms with van der Waals surface area (Å²) in [7, 11) is 0. The van der Waals surface area contributed by atoms with Crippen LogP contribution in [0.15, 0.2) is 11.1 Å². The summed E-state index contributed by atoms with van der Waals surface area (Å²) in [6.07, 6.45) is 0. The standard InChI is InChI=1S/C10H11NO4/c1-4-14-8(12)7-6(5-11)10(2,3)15-9(7)13/h4H2,1-3H3. The predicted octanol–water partition coefficient (Wildman–Crippen LogP) is 0.705. The quantitative estimate of drug-likeness (QED) is 0.494. The van der Waals surface area contributed by atoms with Gasteiger partial charge in [-0.25, -0.2) is 9.59 Å². The lowest BCUT2D eigenvalue weighted by molar-refractivity contribution is -0.148. The number of hydrogen-bond donors (Lipinski definition) is 0. The molecule has 0 spiro atoms. The van der Waals surface area contributed by atoms with Crippen molar-refractivity contribution in [1.82, 2.24) is 0 Å². The summed E-state index contributed by atoms with van der Waals surface area (Å²) in [4.78, 5) is 22.7. The summed E-state index contributed by atoms with van der Waals surface area (Å²) in [5, 5.41) is 8.86. The minimum Gasteiger partial charge on any atom is -0.462 e. The van der Waals surface area contributed by atoms with Crippen molar-refractivity contribution in [3.8, 4) is 6.07 Å². The molecule has 1 rings (SSSR count). The number of rotatable bonds is 2. The fraction of sp³-hybridized carbons (Fsp3) is 0.500. The first-order chi connectivity index (χ1) is 6.94. The lowest BCUT2D eigenvalue weighted by Crippen LogP contribution is -2.22. The monoisotopic (exact) mass is 209 g/mol. The normalized spacial score (nSPS) is 18.4. The van der Waals surface area contributed by atoms with Crippen LogP contribution >= 0.6 is 0 Å². The molecule has 0 bridgehead atoms. The van der Waals surface area contributed by atoms with Gasteiger partial charge in [-0.15, -0.1) is 0 Å². The summed E-state index contributed by atoms with van der Waals surface area (Å²) < 4.78 is 9.57. The molecule has 0 fully saturated rings. The van der Waals surface area contributed by atoms with Crippen LogP contribution in [-0.4, -0.2) is 24.1 Å². The third-order valence-electron chi connectivity index (χ3n) is 2.00. The molecule has 0 amide bonds. The first-order valence-electron chi connectivity index (χ1n) is 4.49. The van der Waals surface area contributed by atoms with Gasteiger partial charge in [0.2, 0.25) is 0 Å². The summed E-state index contributed by atoms with van der Waals surface area (Å²) in [6, 6.07) is 1.81. The van der Waals surface area contributed by atoms with Gasteiger partial charge in [0.05, 0.1) is 12.2 Å². The van der Waals surface area contributed by atoms with E-state index in [9.17, 15) is 9.59 Å². The Morgan fingerprint density at radius 2 is 2.20 bits per heavy atom. The van der Waals surface area contributed by atoms with E-state index >= 15 is 0 Å². The van der Waals surface area contributed by atoms with E-state index in [0.717, 1.165) is 0 Å². The van der Waals surface area contributed by atoms with Crippen LogP contribution in [0.25, 0.3) is 0 Å². The molecule has 0 aromatic heterocycles. The predicted molar refractivity (Wildman–Crippen MR) is 49.4 cm³/mol. The molecule has 0 radical (unpaired) electrons. The lowest BCUT2D eigenvalue weighted by Gasteiger charge is -2.15. The molecule has 5 nitrogen and oxygen atoms in total. The van der Waals surface area contributed by atoms with Crippen LogP contribution in [0.1, 0.15) is 20.8 Å². The molecule has 0 N–H and O–H groups in total. The first kappa shape index (κ1) is 11.2. The van der Waals surface area contributed by atoms with Crippen LogP contribution in [0.5, 0.6) is 0 Å². The van der Waals surface area contributed by atoms with E-state index in [1.165, 1.54) is 0 Å². The number of ether oxygens (including phenoxy) is 2. The fourth-order valence-corrected chi connectivity index (χ4v) is 1.32. The Morgan fingerprint density at radius 1 is 1.60 bits per heavy atom. The maximum Gasteiger partial charge on any atom is 0.347 e. The average Bonchev–Trinajstić information content (AvgIpc) is 2.35. The largest absolute Gasteiger partial charge is 0.462 e. The summed E-state index contributed by atoms with van der Waals surface area (Å²) in [5.74, 6) is -1.60. The minimum absolute atomic E-state index is 0.0194. The molecule has 0 aliphatic carbocycles. The number of hydrogen-bond acceptors (Lipinski definition) is 5. The molecular weight excluding hydrogens is 198 g/mol. The van der Waals surface area contributed by atoms with Gasteiger partial charge in [-0.05, 0) is 20.8 Å². The van der Waals surface area contributed by atoms with Crippen molar-refractivity contribution in [1.29, 1.82) is 5.26 Å². The highest BCUT2D eigenvalue weighted by molar-refractivity contribution is 6.17. The lowest BCUT2D eigenvalue weighted by atomic mass is 9.97. The number of nitrogens with zero attached hydrogens (tertiary/aromatic N) is 1. The second-order valence-corrected chi connectivity index (χ2v) is 3.48. The molecule has 0 atom stereocenters.